The second-order valence-electron chi connectivity index (χ2n) is 17.2. The summed E-state index contributed by atoms with van der Waals surface area (Å²) in [5, 5.41) is 9.93. The van der Waals surface area contributed by atoms with Gasteiger partial charge in [0.2, 0.25) is 12.3 Å². The van der Waals surface area contributed by atoms with Gasteiger partial charge in [-0.25, -0.2) is 0 Å². The van der Waals surface area contributed by atoms with Gasteiger partial charge in [-0.15, -0.1) is 0 Å². The smallest absolute Gasteiger partial charge is 0.398 e. The van der Waals surface area contributed by atoms with Crippen LogP contribution in [0.2, 0.25) is 0 Å². The van der Waals surface area contributed by atoms with Gasteiger partial charge in [-0.05, 0) is 92.2 Å². The fraction of sp³-hybridized carbons (Fsp3) is 0.500. The molecule has 2 saturated heterocycles. The number of aldehydes is 2. The molecule has 7 rings (SSSR count). The number of nitrogen functional groups attached to an aromatic ring is 1. The van der Waals surface area contributed by atoms with Gasteiger partial charge in [-0.3, -0.25) is 39.3 Å². The van der Waals surface area contributed by atoms with E-state index in [1.54, 1.807) is 37.4 Å². The minimum absolute atomic E-state index is 0.0919. The quantitative estimate of drug-likeness (QED) is 0.125. The molecule has 5 heterocycles. The highest BCUT2D eigenvalue weighted by Crippen LogP contribution is 2.42. The number of morpholine rings is 1. The predicted octanol–water partition coefficient (Wildman–Crippen LogP) is 4.39. The number of halogens is 3. The van der Waals surface area contributed by atoms with Crippen LogP contribution in [-0.2, 0) is 38.6 Å². The number of piperidine rings is 1. The van der Waals surface area contributed by atoms with Gasteiger partial charge in [0, 0.05) is 75.4 Å². The molecule has 2 fully saturated rings. The Morgan fingerprint density at radius 1 is 1.09 bits per heavy atom. The fourth-order valence-corrected chi connectivity index (χ4v) is 9.56. The van der Waals surface area contributed by atoms with Crippen molar-refractivity contribution in [1.82, 2.24) is 29.9 Å². The maximum atomic E-state index is 13.6. The number of nitrogens with one attached hydrogen (secondary N) is 2. The third-order valence-electron chi connectivity index (χ3n) is 12.9. The number of amides is 3. The lowest BCUT2D eigenvalue weighted by atomic mass is 9.83. The molecule has 3 aromatic rings. The molecule has 0 aliphatic carbocycles. The van der Waals surface area contributed by atoms with Gasteiger partial charge in [0.05, 0.1) is 54.5 Å². The van der Waals surface area contributed by atoms with Gasteiger partial charge in [-0.2, -0.15) is 13.2 Å². The second-order valence-corrected chi connectivity index (χ2v) is 17.2. The number of hydrogen-bond donors (Lipinski definition) is 3. The number of hydrogen-bond acceptors (Lipinski definition) is 13. The number of imide groups is 1. The molecule has 0 radical (unpaired) electrons. The summed E-state index contributed by atoms with van der Waals surface area (Å²) in [5.74, 6) is -1.03. The highest BCUT2D eigenvalue weighted by atomic mass is 19.4. The Balaban J connectivity index is 0.000000224. The number of rotatable bonds is 13. The van der Waals surface area contributed by atoms with E-state index in [9.17, 15) is 37.1 Å². The van der Waals surface area contributed by atoms with Crippen LogP contribution in [0.15, 0.2) is 42.6 Å². The Bertz CT molecular complexity index is 2200. The van der Waals surface area contributed by atoms with Crippen molar-refractivity contribution in [1.29, 1.82) is 5.41 Å². The molecule has 15 nitrogen and oxygen atoms in total. The summed E-state index contributed by atoms with van der Waals surface area (Å²) in [5.41, 5.74) is 12.4. The summed E-state index contributed by atoms with van der Waals surface area (Å²) < 4.78 is 47.1. The van der Waals surface area contributed by atoms with Crippen LogP contribution < -0.4 is 16.0 Å². The number of benzene rings is 2. The molecular weight excluding hydrogens is 832 g/mol. The first-order chi connectivity index (χ1) is 30.5. The lowest BCUT2D eigenvalue weighted by molar-refractivity contribution is -0.155. The topological polar surface area (TPSA) is 186 Å². The maximum Gasteiger partial charge on any atom is 0.401 e. The van der Waals surface area contributed by atoms with E-state index < -0.39 is 42.7 Å². The maximum absolute atomic E-state index is 13.6. The first-order valence-corrected chi connectivity index (χ1v) is 21.6. The Kier molecular flexibility index (Phi) is 15.4. The number of pyridine rings is 1. The molecule has 1 aromatic heterocycles. The molecule has 4 aliphatic rings. The second kappa shape index (κ2) is 20.5. The third kappa shape index (κ3) is 10.7. The number of carbonyl (C=O) groups excluding carboxylic acids is 5. The van der Waals surface area contributed by atoms with Crippen LogP contribution in [0.5, 0.6) is 0 Å². The summed E-state index contributed by atoms with van der Waals surface area (Å²) in [7, 11) is 3.61. The Morgan fingerprint density at radius 3 is 2.41 bits per heavy atom. The SMILES string of the molecule is CCCC(C(=O)NC=O)N(C)C(=O)c1cc2c(cc1C=O)CN(CC=O)C2.C[C@@H]1Cc2c(ccc(N)c2C=N)C(c2ccc(N3CCC4(CC3)CN(C)CCO4)cn2)N1CC(F)(F)F. The summed E-state index contributed by atoms with van der Waals surface area (Å²) >= 11 is 0. The van der Waals surface area contributed by atoms with Crippen molar-refractivity contribution in [2.24, 2.45) is 0 Å². The zero-order valence-corrected chi connectivity index (χ0v) is 36.8. The van der Waals surface area contributed by atoms with Gasteiger partial charge in [-0.1, -0.05) is 19.4 Å². The van der Waals surface area contributed by atoms with Gasteiger partial charge in [0.1, 0.15) is 12.3 Å². The number of aromatic nitrogens is 1. The van der Waals surface area contributed by atoms with Crippen molar-refractivity contribution >= 4 is 48.4 Å². The number of nitrogens with two attached hydrogens (primary N) is 1. The van der Waals surface area contributed by atoms with Crippen LogP contribution in [-0.4, -0.2) is 145 Å². The molecule has 2 unspecified atom stereocenters. The van der Waals surface area contributed by atoms with Crippen LogP contribution in [0.1, 0.15) is 99.8 Å². The van der Waals surface area contributed by atoms with Crippen LogP contribution in [0.25, 0.3) is 0 Å². The molecule has 344 valence electrons. The van der Waals surface area contributed by atoms with Crippen molar-refractivity contribution in [3.63, 3.8) is 0 Å². The highest BCUT2D eigenvalue weighted by molar-refractivity contribution is 6.04. The van der Waals surface area contributed by atoms with Gasteiger partial charge in [0.25, 0.3) is 5.91 Å². The number of alkyl halides is 3. The predicted molar refractivity (Wildman–Crippen MR) is 235 cm³/mol. The monoisotopic (exact) mass is 889 g/mol. The number of carbonyl (C=O) groups is 5. The van der Waals surface area contributed by atoms with E-state index in [-0.39, 0.29) is 29.7 Å². The number of nitrogens with zero attached hydrogens (tertiary/aromatic N) is 6. The highest BCUT2D eigenvalue weighted by Gasteiger charge is 2.43. The standard InChI is InChI=1S/C27H35F3N6O.C19H23N3O5/c1-18-13-21-20(4-5-23(32)22(21)14-31)25(36(18)17-27(28,29)30)24-6-3-19(15-33-24)35-9-7-26(8-10-35)16-34(2)11-12-37-26;1-3-4-17(18(26)20-12-25)21(2)19(27)16-8-14-10-22(5-6-23)9-13(14)7-15(16)11-24/h3-6,14-15,18,25,31H,7-13,16-17,32H2,1-2H3;6-8,11-12,17H,3-5,9-10H2,1-2H3,(H,20,25,26)/t18-,25?;/m1./s1. The Labute approximate surface area is 371 Å². The molecule has 1 spiro atoms. The van der Waals surface area contributed by atoms with E-state index in [1.807, 2.05) is 24.0 Å². The largest absolute Gasteiger partial charge is 0.401 e. The molecule has 4 aliphatic heterocycles. The van der Waals surface area contributed by atoms with E-state index in [0.29, 0.717) is 55.6 Å². The van der Waals surface area contributed by atoms with Crippen molar-refractivity contribution in [2.75, 3.05) is 70.6 Å². The average molecular weight is 890 g/mol. The van der Waals surface area contributed by atoms with Gasteiger partial charge >= 0.3 is 6.18 Å². The van der Waals surface area contributed by atoms with Crippen molar-refractivity contribution in [2.45, 2.75) is 88.9 Å². The van der Waals surface area contributed by atoms with E-state index >= 15 is 0 Å². The summed E-state index contributed by atoms with van der Waals surface area (Å²) in [6.45, 7) is 8.31. The first-order valence-electron chi connectivity index (χ1n) is 21.6. The summed E-state index contributed by atoms with van der Waals surface area (Å²) in [4.78, 5) is 71.9. The zero-order chi connectivity index (χ0) is 46.3. The van der Waals surface area contributed by atoms with Crippen LogP contribution >= 0.6 is 0 Å². The van der Waals surface area contributed by atoms with Crippen LogP contribution in [0.4, 0.5) is 24.5 Å². The van der Waals surface area contributed by atoms with Crippen LogP contribution in [0, 0.1) is 5.41 Å². The Hall–Kier alpha value is -5.56. The van der Waals surface area contributed by atoms with E-state index in [0.717, 1.165) is 79.9 Å². The van der Waals surface area contributed by atoms with E-state index in [2.05, 4.69) is 22.2 Å². The molecule has 4 N–H and O–H groups in total. The molecular formula is C46H58F3N9O6. The van der Waals surface area contributed by atoms with E-state index in [4.69, 9.17) is 20.9 Å². The summed E-state index contributed by atoms with van der Waals surface area (Å²) in [6.07, 6.45) is 3.62. The molecule has 0 saturated carbocycles. The fourth-order valence-electron chi connectivity index (χ4n) is 9.56. The molecule has 64 heavy (non-hydrogen) atoms. The number of likely N-dealkylation sites (N-methyl/N-ethyl adjacent to an activating group) is 2. The van der Waals surface area contributed by atoms with Gasteiger partial charge in [0.15, 0.2) is 6.29 Å². The third-order valence-corrected chi connectivity index (χ3v) is 12.9. The van der Waals surface area contributed by atoms with Crippen molar-refractivity contribution in [3.8, 4) is 0 Å². The number of ether oxygens (including phenoxy) is 1. The lowest BCUT2D eigenvalue weighted by Crippen LogP contribution is -2.56. The molecule has 0 bridgehead atoms. The first kappa shape index (κ1) is 47.9. The minimum atomic E-state index is -4.35. The average Bonchev–Trinajstić information content (AvgIpc) is 3.66. The molecule has 18 heteroatoms. The van der Waals surface area contributed by atoms with Crippen LogP contribution in [0.3, 0.4) is 0 Å². The molecule has 3 amide bonds. The Morgan fingerprint density at radius 2 is 1.81 bits per heavy atom. The molecule has 2 aromatic carbocycles. The number of anilines is 2. The number of fused-ring (bicyclic) bond motifs is 2. The van der Waals surface area contributed by atoms with Gasteiger partial charge < -0.3 is 35.4 Å². The van der Waals surface area contributed by atoms with E-state index in [1.165, 1.54) is 23.1 Å². The minimum Gasteiger partial charge on any atom is -0.398 e. The zero-order valence-electron chi connectivity index (χ0n) is 36.8. The van der Waals surface area contributed by atoms with Crippen molar-refractivity contribution in [3.05, 3.63) is 87.2 Å². The van der Waals surface area contributed by atoms with Crippen molar-refractivity contribution < 1.29 is 41.9 Å². The normalized spacial score (nSPS) is 20.3. The molecule has 3 atom stereocenters. The lowest BCUT2D eigenvalue weighted by Gasteiger charge is -2.47. The summed E-state index contributed by atoms with van der Waals surface area (Å²) in [6, 6.07) is 8.71.